The maximum Gasteiger partial charge on any atom is 0.239 e. The van der Waals surface area contributed by atoms with E-state index in [2.05, 4.69) is 24.1 Å². The van der Waals surface area contributed by atoms with E-state index in [1.807, 2.05) is 24.1 Å². The van der Waals surface area contributed by atoms with Gasteiger partial charge >= 0.3 is 0 Å². The summed E-state index contributed by atoms with van der Waals surface area (Å²) in [6.45, 7) is 5.62. The summed E-state index contributed by atoms with van der Waals surface area (Å²) in [6, 6.07) is 3.79. The molecule has 3 N–H and O–H groups in total. The van der Waals surface area contributed by atoms with Crippen molar-refractivity contribution in [2.24, 2.45) is 11.7 Å². The number of likely N-dealkylation sites (N-methyl/N-ethyl adjacent to an activating group) is 1. The van der Waals surface area contributed by atoms with Crippen LogP contribution in [-0.2, 0) is 11.3 Å². The average molecular weight is 250 g/mol. The maximum absolute atomic E-state index is 11.7. The highest BCUT2D eigenvalue weighted by Gasteiger charge is 2.08. The van der Waals surface area contributed by atoms with Gasteiger partial charge in [0.15, 0.2) is 0 Å². The molecule has 0 saturated heterocycles. The van der Waals surface area contributed by atoms with E-state index in [1.165, 1.54) is 0 Å². The first kappa shape index (κ1) is 14.4. The first-order valence-electron chi connectivity index (χ1n) is 6.15. The zero-order chi connectivity index (χ0) is 13.5. The summed E-state index contributed by atoms with van der Waals surface area (Å²) >= 11 is 0. The topological polar surface area (TPSA) is 71.2 Å². The van der Waals surface area contributed by atoms with Crippen LogP contribution in [0.15, 0.2) is 18.3 Å². The molecule has 1 amide bonds. The van der Waals surface area contributed by atoms with Gasteiger partial charge in [-0.2, -0.15) is 0 Å². The fraction of sp³-hybridized carbons (Fsp3) is 0.538. The number of nitrogens with one attached hydrogen (secondary N) is 1. The predicted molar refractivity (Wildman–Crippen MR) is 73.2 cm³/mol. The molecule has 0 aliphatic carbocycles. The minimum Gasteiger partial charge on any atom is -0.354 e. The predicted octanol–water partition coefficient (Wildman–Crippen LogP) is 0.749. The van der Waals surface area contributed by atoms with Crippen molar-refractivity contribution in [3.8, 4) is 0 Å². The quantitative estimate of drug-likeness (QED) is 0.781. The monoisotopic (exact) mass is 250 g/mol. The van der Waals surface area contributed by atoms with E-state index in [-0.39, 0.29) is 5.91 Å². The van der Waals surface area contributed by atoms with E-state index in [1.54, 1.807) is 6.20 Å². The van der Waals surface area contributed by atoms with Gasteiger partial charge in [-0.05, 0) is 17.5 Å². The number of nitrogens with zero attached hydrogens (tertiary/aromatic N) is 2. The first-order valence-corrected chi connectivity index (χ1v) is 6.15. The molecule has 0 aliphatic rings. The third-order valence-corrected chi connectivity index (χ3v) is 2.52. The number of pyridine rings is 1. The lowest BCUT2D eigenvalue weighted by molar-refractivity contribution is -0.119. The Kier molecular flexibility index (Phi) is 5.58. The van der Waals surface area contributed by atoms with Crippen molar-refractivity contribution in [3.05, 3.63) is 23.9 Å². The van der Waals surface area contributed by atoms with Gasteiger partial charge in [-0.15, -0.1) is 0 Å². The van der Waals surface area contributed by atoms with Crippen molar-refractivity contribution in [3.63, 3.8) is 0 Å². The summed E-state index contributed by atoms with van der Waals surface area (Å²) in [7, 11) is 1.85. The van der Waals surface area contributed by atoms with Gasteiger partial charge in [-0.25, -0.2) is 4.98 Å². The lowest BCUT2D eigenvalue weighted by Crippen LogP contribution is -2.37. The van der Waals surface area contributed by atoms with Gasteiger partial charge in [0.2, 0.25) is 5.91 Å². The molecule has 1 heterocycles. The van der Waals surface area contributed by atoms with Gasteiger partial charge in [0.05, 0.1) is 6.54 Å². The third kappa shape index (κ3) is 4.71. The molecule has 0 saturated carbocycles. The van der Waals surface area contributed by atoms with Crippen LogP contribution in [0, 0.1) is 5.92 Å². The molecule has 18 heavy (non-hydrogen) atoms. The van der Waals surface area contributed by atoms with Gasteiger partial charge in [0.1, 0.15) is 5.82 Å². The Labute approximate surface area is 108 Å². The minimum absolute atomic E-state index is 0.0101. The van der Waals surface area contributed by atoms with E-state index >= 15 is 0 Å². The van der Waals surface area contributed by atoms with Crippen LogP contribution in [0.4, 0.5) is 5.82 Å². The number of hydrogen-bond acceptors (Lipinski definition) is 4. The Bertz CT molecular complexity index is 375. The lowest BCUT2D eigenvalue weighted by atomic mass is 10.2. The largest absolute Gasteiger partial charge is 0.354 e. The SMILES string of the molecule is CC(C)CNC(=O)CN(C)c1ccc(CN)cn1. The molecule has 0 aromatic carbocycles. The number of amides is 1. The fourth-order valence-corrected chi connectivity index (χ4v) is 1.43. The smallest absolute Gasteiger partial charge is 0.239 e. The molecule has 0 spiro atoms. The standard InChI is InChI=1S/C13H22N4O/c1-10(2)7-16-13(18)9-17(3)12-5-4-11(6-14)8-15-12/h4-5,8,10H,6-7,9,14H2,1-3H3,(H,16,18). The summed E-state index contributed by atoms with van der Waals surface area (Å²) < 4.78 is 0. The molecular weight excluding hydrogens is 228 g/mol. The van der Waals surface area contributed by atoms with Gasteiger partial charge in [0, 0.05) is 26.3 Å². The van der Waals surface area contributed by atoms with E-state index in [0.29, 0.717) is 25.6 Å². The molecule has 0 radical (unpaired) electrons. The Hall–Kier alpha value is -1.62. The van der Waals surface area contributed by atoms with Crippen molar-refractivity contribution in [1.82, 2.24) is 10.3 Å². The van der Waals surface area contributed by atoms with E-state index in [4.69, 9.17) is 5.73 Å². The van der Waals surface area contributed by atoms with Crippen LogP contribution in [-0.4, -0.2) is 31.0 Å². The number of hydrogen-bond donors (Lipinski definition) is 2. The van der Waals surface area contributed by atoms with E-state index in [9.17, 15) is 4.79 Å². The van der Waals surface area contributed by atoms with Gasteiger partial charge in [-0.1, -0.05) is 19.9 Å². The maximum atomic E-state index is 11.7. The molecular formula is C13H22N4O. The molecule has 0 fully saturated rings. The Morgan fingerprint density at radius 1 is 1.50 bits per heavy atom. The number of carbonyl (C=O) groups excluding carboxylic acids is 1. The second-order valence-corrected chi connectivity index (χ2v) is 4.78. The Morgan fingerprint density at radius 3 is 2.72 bits per heavy atom. The summed E-state index contributed by atoms with van der Waals surface area (Å²) in [5.41, 5.74) is 6.49. The Morgan fingerprint density at radius 2 is 2.22 bits per heavy atom. The zero-order valence-electron chi connectivity index (χ0n) is 11.3. The van der Waals surface area contributed by atoms with Gasteiger partial charge < -0.3 is 16.0 Å². The highest BCUT2D eigenvalue weighted by atomic mass is 16.2. The van der Waals surface area contributed by atoms with Gasteiger partial charge in [-0.3, -0.25) is 4.79 Å². The summed E-state index contributed by atoms with van der Waals surface area (Å²) in [5, 5.41) is 2.88. The van der Waals surface area contributed by atoms with Gasteiger partial charge in [0.25, 0.3) is 0 Å². The second kappa shape index (κ2) is 6.96. The average Bonchev–Trinajstić information content (AvgIpc) is 2.36. The molecule has 5 nitrogen and oxygen atoms in total. The number of nitrogens with two attached hydrogens (primary N) is 1. The molecule has 1 aromatic heterocycles. The van der Waals surface area contributed by atoms with E-state index in [0.717, 1.165) is 11.4 Å². The number of anilines is 1. The number of carbonyl (C=O) groups is 1. The van der Waals surface area contributed by atoms with E-state index < -0.39 is 0 Å². The zero-order valence-corrected chi connectivity index (χ0v) is 11.3. The highest BCUT2D eigenvalue weighted by Crippen LogP contribution is 2.08. The van der Waals surface area contributed by atoms with Crippen molar-refractivity contribution in [2.75, 3.05) is 25.0 Å². The first-order chi connectivity index (χ1) is 8.52. The van der Waals surface area contributed by atoms with Crippen molar-refractivity contribution < 1.29 is 4.79 Å². The molecule has 0 atom stereocenters. The van der Waals surface area contributed by atoms with Crippen LogP contribution in [0.2, 0.25) is 0 Å². The van der Waals surface area contributed by atoms with Crippen LogP contribution < -0.4 is 16.0 Å². The number of aromatic nitrogens is 1. The van der Waals surface area contributed by atoms with Crippen molar-refractivity contribution in [2.45, 2.75) is 20.4 Å². The molecule has 1 aromatic rings. The Balaban J connectivity index is 2.48. The normalized spacial score (nSPS) is 10.5. The number of rotatable bonds is 6. The second-order valence-electron chi connectivity index (χ2n) is 4.78. The molecule has 100 valence electrons. The third-order valence-electron chi connectivity index (χ3n) is 2.52. The molecule has 0 bridgehead atoms. The van der Waals surface area contributed by atoms with Crippen LogP contribution in [0.25, 0.3) is 0 Å². The lowest BCUT2D eigenvalue weighted by Gasteiger charge is -2.18. The highest BCUT2D eigenvalue weighted by molar-refractivity contribution is 5.80. The van der Waals surface area contributed by atoms with Crippen molar-refractivity contribution in [1.29, 1.82) is 0 Å². The molecule has 1 rings (SSSR count). The minimum atomic E-state index is 0.0101. The molecule has 0 unspecified atom stereocenters. The summed E-state index contributed by atoms with van der Waals surface area (Å²) in [4.78, 5) is 17.7. The van der Waals surface area contributed by atoms with Crippen LogP contribution >= 0.6 is 0 Å². The fourth-order valence-electron chi connectivity index (χ4n) is 1.43. The van der Waals surface area contributed by atoms with Crippen LogP contribution in [0.3, 0.4) is 0 Å². The molecule has 0 aliphatic heterocycles. The van der Waals surface area contributed by atoms with Crippen molar-refractivity contribution >= 4 is 11.7 Å². The van der Waals surface area contributed by atoms with Crippen LogP contribution in [0.1, 0.15) is 19.4 Å². The summed E-state index contributed by atoms with van der Waals surface area (Å²) in [6.07, 6.45) is 1.73. The molecule has 5 heteroatoms. The summed E-state index contributed by atoms with van der Waals surface area (Å²) in [5.74, 6) is 1.24. The van der Waals surface area contributed by atoms with Crippen LogP contribution in [0.5, 0.6) is 0 Å².